The third-order valence-electron chi connectivity index (χ3n) is 5.30. The number of hydrogen-bond acceptors (Lipinski definition) is 3. The van der Waals surface area contributed by atoms with Crippen molar-refractivity contribution < 1.29 is 8.42 Å². The van der Waals surface area contributed by atoms with E-state index in [0.717, 1.165) is 44.9 Å². The van der Waals surface area contributed by atoms with Gasteiger partial charge in [0.15, 0.2) is 0 Å². The first-order chi connectivity index (χ1) is 9.98. The number of piperidine rings is 1. The van der Waals surface area contributed by atoms with Gasteiger partial charge in [-0.05, 0) is 32.6 Å². The van der Waals surface area contributed by atoms with Crippen LogP contribution in [0.4, 0.5) is 0 Å². The van der Waals surface area contributed by atoms with E-state index in [1.165, 1.54) is 6.42 Å². The van der Waals surface area contributed by atoms with Gasteiger partial charge in [-0.2, -0.15) is 17.0 Å². The summed E-state index contributed by atoms with van der Waals surface area (Å²) in [5, 5.41) is 0. The summed E-state index contributed by atoms with van der Waals surface area (Å²) >= 11 is 0. The van der Waals surface area contributed by atoms with Crippen LogP contribution in [0.1, 0.15) is 65.2 Å². The highest BCUT2D eigenvalue weighted by molar-refractivity contribution is 7.86. The molecule has 1 saturated heterocycles. The molecule has 2 rings (SSSR count). The fourth-order valence-corrected chi connectivity index (χ4v) is 6.30. The van der Waals surface area contributed by atoms with Crippen LogP contribution in [0.25, 0.3) is 0 Å². The third-order valence-corrected chi connectivity index (χ3v) is 7.64. The molecule has 5 nitrogen and oxygen atoms in total. The van der Waals surface area contributed by atoms with Crippen LogP contribution in [0, 0.1) is 0 Å². The Hall–Kier alpha value is -0.170. The predicted molar refractivity (Wildman–Crippen MR) is 86.2 cm³/mol. The molecule has 6 heteroatoms. The number of nitrogens with zero attached hydrogens (tertiary/aromatic N) is 2. The zero-order chi connectivity index (χ0) is 15.5. The van der Waals surface area contributed by atoms with Crippen LogP contribution in [-0.2, 0) is 10.2 Å². The molecule has 0 bridgehead atoms. The van der Waals surface area contributed by atoms with Gasteiger partial charge in [0, 0.05) is 31.2 Å². The molecule has 0 aromatic rings. The molecule has 0 aromatic heterocycles. The molecule has 1 aliphatic carbocycles. The summed E-state index contributed by atoms with van der Waals surface area (Å²) in [4.78, 5) is 0. The van der Waals surface area contributed by atoms with Gasteiger partial charge in [0.2, 0.25) is 0 Å². The Labute approximate surface area is 130 Å². The van der Waals surface area contributed by atoms with Gasteiger partial charge in [-0.15, -0.1) is 0 Å². The first-order valence-electron chi connectivity index (χ1n) is 8.47. The largest absolute Gasteiger partial charge is 0.329 e. The van der Waals surface area contributed by atoms with E-state index in [2.05, 4.69) is 0 Å². The maximum atomic E-state index is 13.2. The minimum Gasteiger partial charge on any atom is -0.329 e. The second-order valence-electron chi connectivity index (χ2n) is 6.62. The van der Waals surface area contributed by atoms with E-state index in [9.17, 15) is 8.42 Å². The van der Waals surface area contributed by atoms with Gasteiger partial charge >= 0.3 is 0 Å². The van der Waals surface area contributed by atoms with Crippen molar-refractivity contribution in [2.24, 2.45) is 5.73 Å². The van der Waals surface area contributed by atoms with E-state index < -0.39 is 10.2 Å². The number of likely N-dealkylation sites (N-methyl/N-ethyl adjacent to an activating group) is 1. The van der Waals surface area contributed by atoms with Crippen LogP contribution in [0.3, 0.4) is 0 Å². The van der Waals surface area contributed by atoms with Gasteiger partial charge in [0.25, 0.3) is 10.2 Å². The molecule has 1 heterocycles. The van der Waals surface area contributed by atoms with Gasteiger partial charge < -0.3 is 5.73 Å². The van der Waals surface area contributed by atoms with Crippen LogP contribution in [0.5, 0.6) is 0 Å². The van der Waals surface area contributed by atoms with Crippen LogP contribution in [-0.4, -0.2) is 48.2 Å². The van der Waals surface area contributed by atoms with Gasteiger partial charge in [0.1, 0.15) is 0 Å². The minimum absolute atomic E-state index is 0.108. The van der Waals surface area contributed by atoms with Crippen molar-refractivity contribution in [1.82, 2.24) is 8.61 Å². The average molecular weight is 317 g/mol. The molecule has 0 radical (unpaired) electrons. The molecule has 21 heavy (non-hydrogen) atoms. The van der Waals surface area contributed by atoms with Crippen molar-refractivity contribution in [3.05, 3.63) is 0 Å². The fraction of sp³-hybridized carbons (Fsp3) is 1.00. The summed E-state index contributed by atoms with van der Waals surface area (Å²) in [7, 11) is -3.41. The van der Waals surface area contributed by atoms with Gasteiger partial charge in [-0.1, -0.05) is 32.6 Å². The summed E-state index contributed by atoms with van der Waals surface area (Å²) in [6.07, 6.45) is 8.22. The minimum atomic E-state index is -3.41. The second-order valence-corrected chi connectivity index (χ2v) is 8.42. The van der Waals surface area contributed by atoms with E-state index >= 15 is 0 Å². The van der Waals surface area contributed by atoms with E-state index in [1.54, 1.807) is 8.61 Å². The Morgan fingerprint density at radius 3 is 2.38 bits per heavy atom. The van der Waals surface area contributed by atoms with Crippen molar-refractivity contribution in [3.8, 4) is 0 Å². The Kier molecular flexibility index (Phi) is 5.68. The molecule has 2 fully saturated rings. The van der Waals surface area contributed by atoms with Crippen LogP contribution in [0.15, 0.2) is 0 Å². The first kappa shape index (κ1) is 17.2. The monoisotopic (exact) mass is 317 g/mol. The summed E-state index contributed by atoms with van der Waals surface area (Å²) in [6, 6.07) is 0.108. The van der Waals surface area contributed by atoms with Gasteiger partial charge in [-0.25, -0.2) is 0 Å². The zero-order valence-corrected chi connectivity index (χ0v) is 14.4. The molecule has 2 N–H and O–H groups in total. The van der Waals surface area contributed by atoms with Crippen LogP contribution >= 0.6 is 0 Å². The summed E-state index contributed by atoms with van der Waals surface area (Å²) in [5.41, 5.74) is 5.69. The standard InChI is InChI=1S/C15H31N3O2S/c1-3-18(15(13-16)10-6-4-7-11-15)21(19,20)17-12-8-5-9-14(17)2/h14H,3-13,16H2,1-2H3. The van der Waals surface area contributed by atoms with Crippen molar-refractivity contribution >= 4 is 10.2 Å². The number of nitrogens with two attached hydrogens (primary N) is 1. The lowest BCUT2D eigenvalue weighted by molar-refractivity contribution is 0.125. The SMILES string of the molecule is CCN(C1(CN)CCCCC1)S(=O)(=O)N1CCCCC1C. The summed E-state index contributed by atoms with van der Waals surface area (Å²) < 4.78 is 29.8. The van der Waals surface area contributed by atoms with Crippen molar-refractivity contribution in [3.63, 3.8) is 0 Å². The highest BCUT2D eigenvalue weighted by Crippen LogP contribution is 2.36. The molecule has 0 spiro atoms. The van der Waals surface area contributed by atoms with Crippen LogP contribution < -0.4 is 5.73 Å². The lowest BCUT2D eigenvalue weighted by atomic mass is 9.81. The molecular weight excluding hydrogens is 286 g/mol. The van der Waals surface area contributed by atoms with Gasteiger partial charge in [-0.3, -0.25) is 0 Å². The Balaban J connectivity index is 2.29. The smallest absolute Gasteiger partial charge is 0.282 e. The second kappa shape index (κ2) is 6.94. The van der Waals surface area contributed by atoms with E-state index in [4.69, 9.17) is 5.73 Å². The normalized spacial score (nSPS) is 27.9. The molecular formula is C15H31N3O2S. The van der Waals surface area contributed by atoms with E-state index in [-0.39, 0.29) is 11.6 Å². The van der Waals surface area contributed by atoms with Crippen molar-refractivity contribution in [2.75, 3.05) is 19.6 Å². The highest BCUT2D eigenvalue weighted by Gasteiger charge is 2.45. The Morgan fingerprint density at radius 2 is 1.86 bits per heavy atom. The fourth-order valence-electron chi connectivity index (χ4n) is 4.05. The lowest BCUT2D eigenvalue weighted by Gasteiger charge is -2.47. The Morgan fingerprint density at radius 1 is 1.19 bits per heavy atom. The van der Waals surface area contributed by atoms with E-state index in [0.29, 0.717) is 19.6 Å². The first-order valence-corrected chi connectivity index (χ1v) is 9.87. The average Bonchev–Trinajstić information content (AvgIpc) is 2.49. The maximum absolute atomic E-state index is 13.2. The molecule has 124 valence electrons. The van der Waals surface area contributed by atoms with Crippen LogP contribution in [0.2, 0.25) is 0 Å². The lowest BCUT2D eigenvalue weighted by Crippen LogP contribution is -2.61. The maximum Gasteiger partial charge on any atom is 0.282 e. The molecule has 0 aromatic carbocycles. The summed E-state index contributed by atoms with van der Waals surface area (Å²) in [5.74, 6) is 0. The molecule has 1 aliphatic heterocycles. The number of hydrogen-bond donors (Lipinski definition) is 1. The molecule has 1 saturated carbocycles. The topological polar surface area (TPSA) is 66.6 Å². The Bertz CT molecular complexity index is 432. The van der Waals surface area contributed by atoms with Crippen molar-refractivity contribution in [1.29, 1.82) is 0 Å². The van der Waals surface area contributed by atoms with Crippen molar-refractivity contribution in [2.45, 2.75) is 76.8 Å². The zero-order valence-electron chi connectivity index (χ0n) is 13.6. The predicted octanol–water partition coefficient (Wildman–Crippen LogP) is 2.09. The molecule has 1 unspecified atom stereocenters. The van der Waals surface area contributed by atoms with Gasteiger partial charge in [0.05, 0.1) is 0 Å². The molecule has 1 atom stereocenters. The third kappa shape index (κ3) is 3.28. The quantitative estimate of drug-likeness (QED) is 0.844. The molecule has 0 amide bonds. The summed E-state index contributed by atoms with van der Waals surface area (Å²) in [6.45, 7) is 5.57. The number of rotatable bonds is 5. The highest BCUT2D eigenvalue weighted by atomic mass is 32.2. The molecule has 2 aliphatic rings. The van der Waals surface area contributed by atoms with E-state index in [1.807, 2.05) is 13.8 Å².